The second-order valence-corrected chi connectivity index (χ2v) is 8.21. The average molecular weight is 457 g/mol. The van der Waals surface area contributed by atoms with Crippen LogP contribution in [-0.4, -0.2) is 35.1 Å². The first-order chi connectivity index (χ1) is 15.5. The second kappa shape index (κ2) is 9.73. The van der Waals surface area contributed by atoms with E-state index in [9.17, 15) is 9.59 Å². The predicted octanol–water partition coefficient (Wildman–Crippen LogP) is 4.11. The third kappa shape index (κ3) is 4.96. The zero-order valence-corrected chi connectivity index (χ0v) is 18.5. The minimum atomic E-state index is -0.653. The van der Waals surface area contributed by atoms with Crippen molar-refractivity contribution >= 4 is 34.2 Å². The lowest BCUT2D eigenvalue weighted by Crippen LogP contribution is -2.23. The number of hydrogen-bond donors (Lipinski definition) is 2. The molecule has 7 nitrogen and oxygen atoms in total. The van der Waals surface area contributed by atoms with E-state index in [1.165, 1.54) is 0 Å². The molecule has 1 heterocycles. The largest absolute Gasteiger partial charge is 0.457 e. The smallest absolute Gasteiger partial charge is 0.343 e. The lowest BCUT2D eigenvalue weighted by molar-refractivity contribution is 0.0470. The van der Waals surface area contributed by atoms with Crippen LogP contribution in [0.2, 0.25) is 5.02 Å². The molecule has 2 N–H and O–H groups in total. The maximum Gasteiger partial charge on any atom is 0.343 e. The van der Waals surface area contributed by atoms with E-state index in [0.29, 0.717) is 21.6 Å². The summed E-state index contributed by atoms with van der Waals surface area (Å²) in [4.78, 5) is 26.1. The minimum Gasteiger partial charge on any atom is -0.457 e. The SMILES string of the molecule is CC(Nc1cc2c(=O)c(C(=O)OCc3ccccc3)cn(C3CC3)c2cc1Cl)OCCO. The van der Waals surface area contributed by atoms with Gasteiger partial charge in [0.25, 0.3) is 0 Å². The van der Waals surface area contributed by atoms with Crippen LogP contribution < -0.4 is 10.7 Å². The van der Waals surface area contributed by atoms with E-state index in [2.05, 4.69) is 5.32 Å². The standard InChI is InChI=1S/C24H25ClN2O5/c1-15(31-10-9-28)26-21-11-18-22(12-20(21)25)27(17-7-8-17)13-19(23(18)29)24(30)32-14-16-5-3-2-4-6-16/h2-6,11-13,15,17,26,28H,7-10,14H2,1H3. The summed E-state index contributed by atoms with van der Waals surface area (Å²) < 4.78 is 12.8. The van der Waals surface area contributed by atoms with Crippen molar-refractivity contribution in [3.63, 3.8) is 0 Å². The van der Waals surface area contributed by atoms with Crippen LogP contribution >= 0.6 is 11.6 Å². The Hall–Kier alpha value is -2.87. The lowest BCUT2D eigenvalue weighted by atomic mass is 10.1. The van der Waals surface area contributed by atoms with Gasteiger partial charge in [-0.1, -0.05) is 41.9 Å². The highest BCUT2D eigenvalue weighted by atomic mass is 35.5. The van der Waals surface area contributed by atoms with Crippen LogP contribution in [0.5, 0.6) is 0 Å². The van der Waals surface area contributed by atoms with Crippen LogP contribution in [0.3, 0.4) is 0 Å². The molecule has 8 heteroatoms. The number of anilines is 1. The normalized spacial score (nSPS) is 14.3. The summed E-state index contributed by atoms with van der Waals surface area (Å²) in [6.45, 7) is 1.94. The summed E-state index contributed by atoms with van der Waals surface area (Å²) in [6, 6.07) is 12.9. The fourth-order valence-corrected chi connectivity index (χ4v) is 3.78. The van der Waals surface area contributed by atoms with Crippen molar-refractivity contribution < 1.29 is 19.4 Å². The Morgan fingerprint density at radius 2 is 2.03 bits per heavy atom. The Morgan fingerprint density at radius 1 is 1.28 bits per heavy atom. The summed E-state index contributed by atoms with van der Waals surface area (Å²) >= 11 is 6.48. The van der Waals surface area contributed by atoms with Crippen molar-refractivity contribution in [2.45, 2.75) is 38.6 Å². The molecule has 3 aromatic rings. The van der Waals surface area contributed by atoms with Gasteiger partial charge in [0.05, 0.1) is 29.4 Å². The Balaban J connectivity index is 1.69. The molecule has 0 spiro atoms. The molecule has 32 heavy (non-hydrogen) atoms. The minimum absolute atomic E-state index is 0.00168. The molecule has 1 fully saturated rings. The number of nitrogens with zero attached hydrogens (tertiary/aromatic N) is 1. The molecule has 0 amide bonds. The number of carbonyl (C=O) groups is 1. The molecule has 2 aromatic carbocycles. The number of rotatable bonds is 9. The first kappa shape index (κ1) is 22.3. The molecule has 1 aromatic heterocycles. The number of halogens is 1. The highest BCUT2D eigenvalue weighted by molar-refractivity contribution is 6.34. The van der Waals surface area contributed by atoms with Crippen LogP contribution in [0, 0.1) is 0 Å². The Kier molecular flexibility index (Phi) is 6.79. The third-order valence-electron chi connectivity index (χ3n) is 5.31. The van der Waals surface area contributed by atoms with Crippen molar-refractivity contribution in [1.82, 2.24) is 4.57 Å². The van der Waals surface area contributed by atoms with Gasteiger partial charge in [-0.25, -0.2) is 4.79 Å². The molecule has 1 aliphatic rings. The molecule has 1 atom stereocenters. The molecule has 1 aliphatic carbocycles. The molecule has 1 unspecified atom stereocenters. The van der Waals surface area contributed by atoms with Gasteiger partial charge in [-0.2, -0.15) is 0 Å². The number of esters is 1. The van der Waals surface area contributed by atoms with Gasteiger partial charge in [0, 0.05) is 17.6 Å². The predicted molar refractivity (Wildman–Crippen MR) is 123 cm³/mol. The highest BCUT2D eigenvalue weighted by Crippen LogP contribution is 2.38. The maximum absolute atomic E-state index is 13.2. The van der Waals surface area contributed by atoms with Crippen molar-refractivity contribution in [3.8, 4) is 0 Å². The summed E-state index contributed by atoms with van der Waals surface area (Å²) in [7, 11) is 0. The van der Waals surface area contributed by atoms with Gasteiger partial charge in [-0.15, -0.1) is 0 Å². The summed E-state index contributed by atoms with van der Waals surface area (Å²) in [5.74, 6) is -0.653. The Labute approximate surface area is 190 Å². The number of pyridine rings is 1. The van der Waals surface area contributed by atoms with Crippen molar-refractivity contribution in [1.29, 1.82) is 0 Å². The van der Waals surface area contributed by atoms with Gasteiger partial charge in [0.2, 0.25) is 5.43 Å². The van der Waals surface area contributed by atoms with Gasteiger partial charge >= 0.3 is 5.97 Å². The van der Waals surface area contributed by atoms with E-state index in [-0.39, 0.29) is 31.4 Å². The number of hydrogen-bond acceptors (Lipinski definition) is 6. The molecule has 0 radical (unpaired) electrons. The van der Waals surface area contributed by atoms with E-state index in [0.717, 1.165) is 18.4 Å². The quantitative estimate of drug-likeness (QED) is 0.372. The van der Waals surface area contributed by atoms with E-state index in [1.54, 1.807) is 25.3 Å². The van der Waals surface area contributed by atoms with Crippen LogP contribution in [0.25, 0.3) is 10.9 Å². The van der Waals surface area contributed by atoms with E-state index in [1.807, 2.05) is 34.9 Å². The number of fused-ring (bicyclic) bond motifs is 1. The van der Waals surface area contributed by atoms with E-state index in [4.69, 9.17) is 26.2 Å². The highest BCUT2D eigenvalue weighted by Gasteiger charge is 2.28. The molecule has 1 saturated carbocycles. The first-order valence-electron chi connectivity index (χ1n) is 10.6. The molecular formula is C24H25ClN2O5. The van der Waals surface area contributed by atoms with E-state index >= 15 is 0 Å². The molecule has 4 rings (SSSR count). The number of ether oxygens (including phenoxy) is 2. The van der Waals surface area contributed by atoms with Crippen LogP contribution in [-0.2, 0) is 16.1 Å². The topological polar surface area (TPSA) is 89.8 Å². The number of aliphatic hydroxyl groups excluding tert-OH is 1. The maximum atomic E-state index is 13.2. The molecular weight excluding hydrogens is 432 g/mol. The first-order valence-corrected chi connectivity index (χ1v) is 10.9. The fourth-order valence-electron chi connectivity index (χ4n) is 3.57. The third-order valence-corrected chi connectivity index (χ3v) is 5.62. The van der Waals surface area contributed by atoms with Gasteiger partial charge in [0.1, 0.15) is 18.4 Å². The van der Waals surface area contributed by atoms with Gasteiger partial charge in [-0.3, -0.25) is 4.79 Å². The monoisotopic (exact) mass is 456 g/mol. The van der Waals surface area contributed by atoms with Crippen LogP contribution in [0.4, 0.5) is 5.69 Å². The van der Waals surface area contributed by atoms with Crippen molar-refractivity contribution in [2.24, 2.45) is 0 Å². The molecule has 0 aliphatic heterocycles. The number of aliphatic hydroxyl groups is 1. The fraction of sp³-hybridized carbons (Fsp3) is 0.333. The van der Waals surface area contributed by atoms with Crippen LogP contribution in [0.15, 0.2) is 53.5 Å². The average Bonchev–Trinajstić information content (AvgIpc) is 3.63. The van der Waals surface area contributed by atoms with Crippen LogP contribution in [0.1, 0.15) is 41.7 Å². The van der Waals surface area contributed by atoms with Gasteiger partial charge in [0.15, 0.2) is 0 Å². The molecule has 0 bridgehead atoms. The van der Waals surface area contributed by atoms with Crippen molar-refractivity contribution in [2.75, 3.05) is 18.5 Å². The van der Waals surface area contributed by atoms with Crippen molar-refractivity contribution in [3.05, 3.63) is 75.0 Å². The molecule has 168 valence electrons. The van der Waals surface area contributed by atoms with E-state index < -0.39 is 17.6 Å². The second-order valence-electron chi connectivity index (χ2n) is 7.80. The molecule has 0 saturated heterocycles. The summed E-state index contributed by atoms with van der Waals surface area (Å²) in [5, 5.41) is 12.8. The number of aromatic nitrogens is 1. The Bertz CT molecular complexity index is 1170. The Morgan fingerprint density at radius 3 is 2.72 bits per heavy atom. The lowest BCUT2D eigenvalue weighted by Gasteiger charge is -2.19. The van der Waals surface area contributed by atoms with Gasteiger partial charge in [-0.05, 0) is 37.5 Å². The number of benzene rings is 2. The zero-order valence-electron chi connectivity index (χ0n) is 17.7. The summed E-state index contributed by atoms with van der Waals surface area (Å²) in [5.41, 5.74) is 1.63. The zero-order chi connectivity index (χ0) is 22.7. The van der Waals surface area contributed by atoms with Gasteiger partial charge < -0.3 is 24.5 Å². The number of carbonyl (C=O) groups excluding carboxylic acids is 1. The summed E-state index contributed by atoms with van der Waals surface area (Å²) in [6.07, 6.45) is 3.11. The number of nitrogens with one attached hydrogen (secondary N) is 1.